The Hall–Kier alpha value is -2.37. The van der Waals surface area contributed by atoms with Crippen molar-refractivity contribution in [1.82, 2.24) is 10.2 Å². The van der Waals surface area contributed by atoms with Crippen molar-refractivity contribution < 1.29 is 14.4 Å². The summed E-state index contributed by atoms with van der Waals surface area (Å²) >= 11 is 0. The summed E-state index contributed by atoms with van der Waals surface area (Å²) in [6.45, 7) is 0.346. The minimum atomic E-state index is -0.837. The van der Waals surface area contributed by atoms with Gasteiger partial charge in [-0.25, -0.2) is 0 Å². The normalized spacial score (nSPS) is 30.9. The van der Waals surface area contributed by atoms with E-state index in [2.05, 4.69) is 5.32 Å². The smallest absolute Gasteiger partial charge is 0.255 e. The van der Waals surface area contributed by atoms with Gasteiger partial charge in [-0.1, -0.05) is 6.07 Å². The molecular formula is C14H13N3O3. The molecular weight excluding hydrogens is 258 g/mol. The van der Waals surface area contributed by atoms with Crippen molar-refractivity contribution in [3.05, 3.63) is 29.3 Å². The maximum atomic E-state index is 12.5. The highest BCUT2D eigenvalue weighted by molar-refractivity contribution is 6.10. The predicted molar refractivity (Wildman–Crippen MR) is 69.3 cm³/mol. The van der Waals surface area contributed by atoms with Gasteiger partial charge in [0.2, 0.25) is 5.91 Å². The molecule has 0 aromatic heterocycles. The van der Waals surface area contributed by atoms with Crippen LogP contribution in [0.4, 0.5) is 5.69 Å². The van der Waals surface area contributed by atoms with Crippen LogP contribution in [0.5, 0.6) is 0 Å². The van der Waals surface area contributed by atoms with Crippen LogP contribution >= 0.6 is 0 Å². The number of piperidine rings is 1. The van der Waals surface area contributed by atoms with E-state index in [1.54, 1.807) is 23.1 Å². The summed E-state index contributed by atoms with van der Waals surface area (Å²) in [5.41, 5.74) is 6.98. The summed E-state index contributed by atoms with van der Waals surface area (Å²) in [6, 6.07) is 5.22. The number of nitrogens with two attached hydrogens (primary N) is 1. The molecule has 6 heteroatoms. The van der Waals surface area contributed by atoms with Crippen molar-refractivity contribution in [2.75, 3.05) is 5.73 Å². The highest BCUT2D eigenvalue weighted by Crippen LogP contribution is 2.55. The number of hydrogen-bond acceptors (Lipinski definition) is 4. The van der Waals surface area contributed by atoms with Crippen LogP contribution in [-0.2, 0) is 16.1 Å². The fraction of sp³-hybridized carbons (Fsp3) is 0.357. The van der Waals surface area contributed by atoms with E-state index in [0.717, 1.165) is 5.56 Å². The average Bonchev–Trinajstić information content (AvgIpc) is 3.02. The molecule has 6 nitrogen and oxygen atoms in total. The van der Waals surface area contributed by atoms with Gasteiger partial charge in [0, 0.05) is 35.7 Å². The molecule has 1 aromatic rings. The van der Waals surface area contributed by atoms with Gasteiger partial charge in [-0.05, 0) is 18.6 Å². The highest BCUT2D eigenvalue weighted by Gasteiger charge is 2.68. The number of nitrogens with zero attached hydrogens (tertiary/aromatic N) is 1. The van der Waals surface area contributed by atoms with E-state index in [0.29, 0.717) is 30.6 Å². The Morgan fingerprint density at radius 3 is 2.80 bits per heavy atom. The van der Waals surface area contributed by atoms with E-state index < -0.39 is 5.54 Å². The number of nitrogens with one attached hydrogen (secondary N) is 1. The Labute approximate surface area is 114 Å². The molecule has 0 radical (unpaired) electrons. The molecule has 1 unspecified atom stereocenters. The van der Waals surface area contributed by atoms with E-state index >= 15 is 0 Å². The number of carbonyl (C=O) groups is 3. The lowest BCUT2D eigenvalue weighted by atomic mass is 10.0. The molecule has 0 bridgehead atoms. The summed E-state index contributed by atoms with van der Waals surface area (Å²) in [4.78, 5) is 37.6. The molecule has 0 spiro atoms. The van der Waals surface area contributed by atoms with Gasteiger partial charge in [0.1, 0.15) is 5.54 Å². The second-order valence-corrected chi connectivity index (χ2v) is 5.67. The minimum Gasteiger partial charge on any atom is -0.398 e. The van der Waals surface area contributed by atoms with Crippen LogP contribution < -0.4 is 11.1 Å². The summed E-state index contributed by atoms with van der Waals surface area (Å²) < 4.78 is 0. The molecule has 3 N–H and O–H groups in total. The summed E-state index contributed by atoms with van der Waals surface area (Å²) in [5.74, 6) is -0.821. The molecule has 20 heavy (non-hydrogen) atoms. The third-order valence-electron chi connectivity index (χ3n) is 4.64. The van der Waals surface area contributed by atoms with Crippen molar-refractivity contribution in [3.63, 3.8) is 0 Å². The molecule has 4 rings (SSSR count). The van der Waals surface area contributed by atoms with Crippen molar-refractivity contribution in [3.8, 4) is 0 Å². The maximum Gasteiger partial charge on any atom is 0.255 e. The highest BCUT2D eigenvalue weighted by atomic mass is 16.2. The van der Waals surface area contributed by atoms with Crippen molar-refractivity contribution in [2.45, 2.75) is 24.9 Å². The van der Waals surface area contributed by atoms with Gasteiger partial charge < -0.3 is 10.6 Å². The van der Waals surface area contributed by atoms with E-state index in [1.807, 2.05) is 0 Å². The molecule has 1 aromatic carbocycles. The Morgan fingerprint density at radius 2 is 2.10 bits per heavy atom. The first-order valence-electron chi connectivity index (χ1n) is 6.57. The standard InChI is InChI=1S/C14H13N3O3/c15-10-3-1-2-8-9(10)6-17(12(8)19)14-5-7(14)4-11(18)16-13(14)20/h1-3,7H,4-6,15H2,(H,16,18,20)/t7?,14-/m0/s1. The second-order valence-electron chi connectivity index (χ2n) is 5.67. The zero-order chi connectivity index (χ0) is 14.1. The van der Waals surface area contributed by atoms with Gasteiger partial charge in [-0.3, -0.25) is 19.7 Å². The lowest BCUT2D eigenvalue weighted by molar-refractivity contribution is -0.137. The number of imide groups is 1. The van der Waals surface area contributed by atoms with Crippen LogP contribution in [0, 0.1) is 5.92 Å². The lowest BCUT2D eigenvalue weighted by Crippen LogP contribution is -2.55. The molecule has 1 saturated heterocycles. The van der Waals surface area contributed by atoms with E-state index in [1.165, 1.54) is 0 Å². The molecule has 2 atom stereocenters. The number of rotatable bonds is 1. The molecule has 1 saturated carbocycles. The predicted octanol–water partition coefficient (Wildman–Crippen LogP) is 0.0298. The van der Waals surface area contributed by atoms with Crippen LogP contribution in [0.15, 0.2) is 18.2 Å². The second kappa shape index (κ2) is 3.39. The molecule has 2 fully saturated rings. The van der Waals surface area contributed by atoms with Crippen molar-refractivity contribution in [2.24, 2.45) is 5.92 Å². The Bertz CT molecular complexity index is 684. The summed E-state index contributed by atoms with van der Waals surface area (Å²) in [6.07, 6.45) is 0.867. The van der Waals surface area contributed by atoms with Crippen LogP contribution in [0.25, 0.3) is 0 Å². The number of amides is 3. The first kappa shape index (κ1) is 11.5. The Balaban J connectivity index is 1.74. The molecule has 3 aliphatic rings. The fourth-order valence-electron chi connectivity index (χ4n) is 3.48. The van der Waals surface area contributed by atoms with Gasteiger partial charge in [0.25, 0.3) is 11.8 Å². The van der Waals surface area contributed by atoms with E-state index in [9.17, 15) is 14.4 Å². The largest absolute Gasteiger partial charge is 0.398 e. The van der Waals surface area contributed by atoms with Crippen LogP contribution in [0.2, 0.25) is 0 Å². The third kappa shape index (κ3) is 1.21. The number of benzene rings is 1. The van der Waals surface area contributed by atoms with Gasteiger partial charge in [0.15, 0.2) is 0 Å². The average molecular weight is 271 g/mol. The van der Waals surface area contributed by atoms with Gasteiger partial charge in [-0.15, -0.1) is 0 Å². The number of nitrogen functional groups attached to an aromatic ring is 1. The quantitative estimate of drug-likeness (QED) is 0.556. The number of anilines is 1. The summed E-state index contributed by atoms with van der Waals surface area (Å²) in [7, 11) is 0. The maximum absolute atomic E-state index is 12.5. The van der Waals surface area contributed by atoms with Gasteiger partial charge in [-0.2, -0.15) is 0 Å². The van der Waals surface area contributed by atoms with Crippen LogP contribution in [-0.4, -0.2) is 28.2 Å². The zero-order valence-corrected chi connectivity index (χ0v) is 10.7. The molecule has 2 aliphatic heterocycles. The van der Waals surface area contributed by atoms with Gasteiger partial charge in [0.05, 0.1) is 0 Å². The van der Waals surface area contributed by atoms with Gasteiger partial charge >= 0.3 is 0 Å². The Kier molecular flexibility index (Phi) is 1.94. The number of fused-ring (bicyclic) bond motifs is 2. The Morgan fingerprint density at radius 1 is 1.30 bits per heavy atom. The van der Waals surface area contributed by atoms with E-state index in [-0.39, 0.29) is 23.6 Å². The SMILES string of the molecule is Nc1cccc2c1CN([C@@]13CC1CC(=O)NC3=O)C2=O. The van der Waals surface area contributed by atoms with Crippen LogP contribution in [0.1, 0.15) is 28.8 Å². The zero-order valence-electron chi connectivity index (χ0n) is 10.7. The number of carbonyl (C=O) groups excluding carboxylic acids is 3. The molecule has 3 amide bonds. The van der Waals surface area contributed by atoms with Crippen LogP contribution in [0.3, 0.4) is 0 Å². The lowest BCUT2D eigenvalue weighted by Gasteiger charge is -2.30. The monoisotopic (exact) mass is 271 g/mol. The fourth-order valence-corrected chi connectivity index (χ4v) is 3.48. The topological polar surface area (TPSA) is 92.5 Å². The molecule has 2 heterocycles. The first-order chi connectivity index (χ1) is 9.54. The number of hydrogen-bond donors (Lipinski definition) is 2. The minimum absolute atomic E-state index is 0.0526. The third-order valence-corrected chi connectivity index (χ3v) is 4.64. The first-order valence-corrected chi connectivity index (χ1v) is 6.57. The molecule has 1 aliphatic carbocycles. The summed E-state index contributed by atoms with van der Waals surface area (Å²) in [5, 5.41) is 2.35. The van der Waals surface area contributed by atoms with Crippen molar-refractivity contribution >= 4 is 23.4 Å². The van der Waals surface area contributed by atoms with Crippen molar-refractivity contribution in [1.29, 1.82) is 0 Å². The molecule has 102 valence electrons. The van der Waals surface area contributed by atoms with E-state index in [4.69, 9.17) is 5.73 Å².